The molecule has 0 bridgehead atoms. The Morgan fingerprint density at radius 3 is 2.46 bits per heavy atom. The predicted octanol–water partition coefficient (Wildman–Crippen LogP) is 2.51. The van der Waals surface area contributed by atoms with E-state index in [-0.39, 0.29) is 24.0 Å². The molecule has 26 heavy (non-hydrogen) atoms. The van der Waals surface area contributed by atoms with Crippen LogP contribution in [0.2, 0.25) is 0 Å². The van der Waals surface area contributed by atoms with Crippen molar-refractivity contribution in [3.63, 3.8) is 0 Å². The van der Waals surface area contributed by atoms with E-state index in [0.29, 0.717) is 25.0 Å². The third-order valence-corrected chi connectivity index (χ3v) is 7.56. The van der Waals surface area contributed by atoms with Crippen molar-refractivity contribution < 1.29 is 8.42 Å². The number of aliphatic imine (C=N–C) groups is 1. The zero-order valence-corrected chi connectivity index (χ0v) is 20.2. The van der Waals surface area contributed by atoms with E-state index < -0.39 is 10.0 Å². The van der Waals surface area contributed by atoms with Gasteiger partial charge < -0.3 is 10.6 Å². The quantitative estimate of drug-likeness (QED) is 0.308. The van der Waals surface area contributed by atoms with Crippen LogP contribution in [0.3, 0.4) is 0 Å². The summed E-state index contributed by atoms with van der Waals surface area (Å²) in [7, 11) is -3.04. The molecular formula is C17H35IN4O2S2. The van der Waals surface area contributed by atoms with E-state index in [4.69, 9.17) is 4.99 Å². The minimum atomic E-state index is -3.04. The number of sulfonamides is 1. The second kappa shape index (κ2) is 12.0. The fourth-order valence-electron chi connectivity index (χ4n) is 3.62. The van der Waals surface area contributed by atoms with E-state index >= 15 is 0 Å². The Morgan fingerprint density at radius 1 is 1.19 bits per heavy atom. The van der Waals surface area contributed by atoms with Crippen LogP contribution in [0.4, 0.5) is 0 Å². The molecule has 0 aromatic heterocycles. The molecule has 9 heteroatoms. The molecule has 1 aliphatic carbocycles. The molecule has 1 saturated heterocycles. The number of thioether (sulfide) groups is 1. The minimum absolute atomic E-state index is 0. The van der Waals surface area contributed by atoms with E-state index in [1.165, 1.54) is 31.3 Å². The molecule has 0 amide bonds. The minimum Gasteiger partial charge on any atom is -0.357 e. The molecule has 6 nitrogen and oxygen atoms in total. The van der Waals surface area contributed by atoms with Gasteiger partial charge in [-0.2, -0.15) is 11.8 Å². The summed E-state index contributed by atoms with van der Waals surface area (Å²) in [6.07, 6.45) is 6.82. The van der Waals surface area contributed by atoms with Crippen molar-refractivity contribution in [3.05, 3.63) is 0 Å². The van der Waals surface area contributed by atoms with Crippen molar-refractivity contribution in [2.45, 2.75) is 57.2 Å². The van der Waals surface area contributed by atoms with Crippen molar-refractivity contribution >= 4 is 51.7 Å². The van der Waals surface area contributed by atoms with Crippen LogP contribution in [0.15, 0.2) is 4.99 Å². The fraction of sp³-hybridized carbons (Fsp3) is 0.941. The van der Waals surface area contributed by atoms with Gasteiger partial charge in [0.2, 0.25) is 10.0 Å². The monoisotopic (exact) mass is 518 g/mol. The highest BCUT2D eigenvalue weighted by Gasteiger charge is 2.26. The van der Waals surface area contributed by atoms with Gasteiger partial charge in [-0.3, -0.25) is 4.99 Å². The van der Waals surface area contributed by atoms with Gasteiger partial charge in [-0.25, -0.2) is 12.7 Å². The molecule has 2 aliphatic rings. The van der Waals surface area contributed by atoms with Gasteiger partial charge >= 0.3 is 0 Å². The van der Waals surface area contributed by atoms with Gasteiger partial charge in [-0.05, 0) is 50.7 Å². The average molecular weight is 519 g/mol. The number of nitrogens with zero attached hydrogens (tertiary/aromatic N) is 2. The average Bonchev–Trinajstić information content (AvgIpc) is 3.00. The van der Waals surface area contributed by atoms with Crippen molar-refractivity contribution in [1.29, 1.82) is 0 Å². The van der Waals surface area contributed by atoms with Gasteiger partial charge in [0.05, 0.1) is 6.26 Å². The first-order chi connectivity index (χ1) is 11.9. The van der Waals surface area contributed by atoms with Gasteiger partial charge in [-0.1, -0.05) is 6.92 Å². The molecule has 0 aromatic carbocycles. The summed E-state index contributed by atoms with van der Waals surface area (Å²) >= 11 is 2.07. The van der Waals surface area contributed by atoms with E-state index in [9.17, 15) is 8.42 Å². The highest BCUT2D eigenvalue weighted by molar-refractivity contribution is 14.0. The SMILES string of the molecule is CCNC(=NCC1CCN(S(C)(=O)=O)CC1)NC1CCC(SCC)C1.I. The smallest absolute Gasteiger partial charge is 0.211 e. The Labute approximate surface area is 180 Å². The van der Waals surface area contributed by atoms with Gasteiger partial charge in [0, 0.05) is 37.5 Å². The molecule has 0 radical (unpaired) electrons. The molecular weight excluding hydrogens is 483 g/mol. The Kier molecular flexibility index (Phi) is 11.2. The van der Waals surface area contributed by atoms with E-state index in [1.807, 2.05) is 0 Å². The number of hydrogen-bond acceptors (Lipinski definition) is 4. The molecule has 2 N–H and O–H groups in total. The fourth-order valence-corrected chi connectivity index (χ4v) is 5.63. The predicted molar refractivity (Wildman–Crippen MR) is 123 cm³/mol. The van der Waals surface area contributed by atoms with Gasteiger partial charge in [0.15, 0.2) is 5.96 Å². The van der Waals surface area contributed by atoms with E-state index in [1.54, 1.807) is 4.31 Å². The maximum absolute atomic E-state index is 11.6. The zero-order chi connectivity index (χ0) is 18.3. The summed E-state index contributed by atoms with van der Waals surface area (Å²) in [6, 6.07) is 0.522. The largest absolute Gasteiger partial charge is 0.357 e. The van der Waals surface area contributed by atoms with Gasteiger partial charge in [0.25, 0.3) is 0 Å². The molecule has 1 heterocycles. The molecule has 0 aromatic rings. The highest BCUT2D eigenvalue weighted by atomic mass is 127. The first kappa shape index (κ1) is 24.3. The lowest BCUT2D eigenvalue weighted by Gasteiger charge is -2.29. The molecule has 154 valence electrons. The molecule has 1 aliphatic heterocycles. The highest BCUT2D eigenvalue weighted by Crippen LogP contribution is 2.29. The standard InChI is InChI=1S/C17H34N4O2S2.HI/c1-4-18-17(20-15-6-7-16(12-15)24-5-2)19-13-14-8-10-21(11-9-14)25(3,22)23;/h14-16H,4-13H2,1-3H3,(H2,18,19,20);1H. The first-order valence-electron chi connectivity index (χ1n) is 9.54. The molecule has 0 spiro atoms. The number of rotatable bonds is 7. The lowest BCUT2D eigenvalue weighted by atomic mass is 9.98. The molecule has 2 unspecified atom stereocenters. The summed E-state index contributed by atoms with van der Waals surface area (Å²) in [4.78, 5) is 4.78. The van der Waals surface area contributed by atoms with Crippen LogP contribution in [-0.2, 0) is 10.0 Å². The van der Waals surface area contributed by atoms with Gasteiger partial charge in [0.1, 0.15) is 0 Å². The first-order valence-corrected chi connectivity index (χ1v) is 12.4. The Morgan fingerprint density at radius 2 is 1.88 bits per heavy atom. The van der Waals surface area contributed by atoms with E-state index in [0.717, 1.165) is 37.1 Å². The van der Waals surface area contributed by atoms with Crippen LogP contribution in [0.25, 0.3) is 0 Å². The Balaban J connectivity index is 0.00000338. The van der Waals surface area contributed by atoms with Gasteiger partial charge in [-0.15, -0.1) is 24.0 Å². The lowest BCUT2D eigenvalue weighted by Crippen LogP contribution is -2.43. The Bertz CT molecular complexity index is 537. The summed E-state index contributed by atoms with van der Waals surface area (Å²) in [5.41, 5.74) is 0. The van der Waals surface area contributed by atoms with Crippen LogP contribution in [0.5, 0.6) is 0 Å². The third-order valence-electron chi connectivity index (χ3n) is 5.02. The summed E-state index contributed by atoms with van der Waals surface area (Å²) in [5.74, 6) is 2.58. The van der Waals surface area contributed by atoms with Crippen LogP contribution < -0.4 is 10.6 Å². The maximum atomic E-state index is 11.6. The lowest BCUT2D eigenvalue weighted by molar-refractivity contribution is 0.280. The van der Waals surface area contributed by atoms with Crippen molar-refractivity contribution in [3.8, 4) is 0 Å². The van der Waals surface area contributed by atoms with Crippen LogP contribution in [0.1, 0.15) is 46.0 Å². The number of nitrogens with one attached hydrogen (secondary N) is 2. The molecule has 1 saturated carbocycles. The molecule has 2 rings (SSSR count). The van der Waals surface area contributed by atoms with Crippen LogP contribution in [-0.4, -0.2) is 68.2 Å². The Hall–Kier alpha value is 0.260. The van der Waals surface area contributed by atoms with Crippen molar-refractivity contribution in [1.82, 2.24) is 14.9 Å². The molecule has 2 fully saturated rings. The summed E-state index contributed by atoms with van der Waals surface area (Å²) < 4.78 is 24.8. The number of guanidine groups is 1. The number of halogens is 1. The summed E-state index contributed by atoms with van der Waals surface area (Å²) in [6.45, 7) is 7.20. The zero-order valence-electron chi connectivity index (χ0n) is 16.2. The molecule has 2 atom stereocenters. The van der Waals surface area contributed by atoms with Crippen LogP contribution in [0, 0.1) is 5.92 Å². The third kappa shape index (κ3) is 8.10. The topological polar surface area (TPSA) is 73.8 Å². The number of hydrogen-bond donors (Lipinski definition) is 2. The van der Waals surface area contributed by atoms with Crippen molar-refractivity contribution in [2.24, 2.45) is 10.9 Å². The number of piperidine rings is 1. The summed E-state index contributed by atoms with van der Waals surface area (Å²) in [5, 5.41) is 7.73. The maximum Gasteiger partial charge on any atom is 0.211 e. The van der Waals surface area contributed by atoms with Crippen LogP contribution >= 0.6 is 35.7 Å². The second-order valence-corrected chi connectivity index (χ2v) is 10.6. The normalized spacial score (nSPS) is 25.7. The van der Waals surface area contributed by atoms with Crippen molar-refractivity contribution in [2.75, 3.05) is 38.2 Å². The van der Waals surface area contributed by atoms with E-state index in [2.05, 4.69) is 36.2 Å². The second-order valence-electron chi connectivity index (χ2n) is 7.06.